The molecule has 0 bridgehead atoms. The van der Waals surface area contributed by atoms with E-state index in [0.29, 0.717) is 24.5 Å². The van der Waals surface area contributed by atoms with Gasteiger partial charge >= 0.3 is 5.97 Å². The summed E-state index contributed by atoms with van der Waals surface area (Å²) in [4.78, 5) is 28.0. The van der Waals surface area contributed by atoms with Crippen molar-refractivity contribution in [3.63, 3.8) is 0 Å². The number of hydrogen-bond acceptors (Lipinski definition) is 3. The van der Waals surface area contributed by atoms with E-state index in [1.54, 1.807) is 12.1 Å². The van der Waals surface area contributed by atoms with Crippen LogP contribution in [0.2, 0.25) is 5.02 Å². The van der Waals surface area contributed by atoms with Crippen LogP contribution in [0.15, 0.2) is 48.5 Å². The predicted molar refractivity (Wildman–Crippen MR) is 109 cm³/mol. The summed E-state index contributed by atoms with van der Waals surface area (Å²) in [7, 11) is 0. The largest absolute Gasteiger partial charge is 0.481 e. The Morgan fingerprint density at radius 2 is 1.82 bits per heavy atom. The number of carbonyl (C=O) groups is 2. The Balaban J connectivity index is 1.62. The average molecular weight is 401 g/mol. The van der Waals surface area contributed by atoms with Crippen molar-refractivity contribution in [2.75, 3.05) is 19.6 Å². The second kappa shape index (κ2) is 9.22. The molecule has 0 unspecified atom stereocenters. The van der Waals surface area contributed by atoms with Gasteiger partial charge in [-0.2, -0.15) is 0 Å². The van der Waals surface area contributed by atoms with Crippen LogP contribution in [-0.2, 0) is 29.0 Å². The molecule has 1 aliphatic rings. The highest BCUT2D eigenvalue weighted by molar-refractivity contribution is 6.30. The zero-order valence-corrected chi connectivity index (χ0v) is 16.7. The second-order valence-corrected chi connectivity index (χ2v) is 7.75. The SMILES string of the molecule is C[C@H]1CN(Cc2cc(Cl)ccc2CC(=O)O)CCN1C(=O)Cc1ccccc1. The quantitative estimate of drug-likeness (QED) is 0.808. The Kier molecular flexibility index (Phi) is 6.70. The molecule has 2 aromatic carbocycles. The van der Waals surface area contributed by atoms with E-state index in [1.165, 1.54) is 0 Å². The molecule has 28 heavy (non-hydrogen) atoms. The van der Waals surface area contributed by atoms with Gasteiger partial charge in [-0.25, -0.2) is 0 Å². The Morgan fingerprint density at radius 1 is 1.07 bits per heavy atom. The van der Waals surface area contributed by atoms with Crippen molar-refractivity contribution >= 4 is 23.5 Å². The Labute approximate surface area is 170 Å². The van der Waals surface area contributed by atoms with Gasteiger partial charge < -0.3 is 10.0 Å². The number of hydrogen-bond donors (Lipinski definition) is 1. The number of piperazine rings is 1. The molecule has 1 atom stereocenters. The van der Waals surface area contributed by atoms with E-state index in [2.05, 4.69) is 11.8 Å². The first-order valence-corrected chi connectivity index (χ1v) is 9.85. The molecule has 1 aliphatic heterocycles. The fourth-order valence-electron chi connectivity index (χ4n) is 3.74. The van der Waals surface area contributed by atoms with Crippen molar-refractivity contribution in [1.29, 1.82) is 0 Å². The van der Waals surface area contributed by atoms with Gasteiger partial charge in [0.15, 0.2) is 0 Å². The average Bonchev–Trinajstić information content (AvgIpc) is 2.64. The first-order valence-electron chi connectivity index (χ1n) is 9.47. The van der Waals surface area contributed by atoms with Gasteiger partial charge in [-0.15, -0.1) is 0 Å². The third-order valence-electron chi connectivity index (χ3n) is 5.13. The normalized spacial score (nSPS) is 17.5. The lowest BCUT2D eigenvalue weighted by atomic mass is 10.0. The van der Waals surface area contributed by atoms with Gasteiger partial charge in [-0.05, 0) is 35.7 Å². The standard InChI is InChI=1S/C22H25ClN2O3/c1-16-14-24(15-19-12-20(23)8-7-18(19)13-22(27)28)9-10-25(16)21(26)11-17-5-3-2-4-6-17/h2-8,12,16H,9-11,13-15H2,1H3,(H,27,28)/t16-/m0/s1. The van der Waals surface area contributed by atoms with Gasteiger partial charge in [0.1, 0.15) is 0 Å². The predicted octanol–water partition coefficient (Wildman–Crippen LogP) is 3.24. The fourth-order valence-corrected chi connectivity index (χ4v) is 3.93. The van der Waals surface area contributed by atoms with Gasteiger partial charge in [0, 0.05) is 37.2 Å². The topological polar surface area (TPSA) is 60.9 Å². The van der Waals surface area contributed by atoms with Crippen LogP contribution in [0, 0.1) is 0 Å². The molecule has 1 fully saturated rings. The number of amides is 1. The van der Waals surface area contributed by atoms with Crippen molar-refractivity contribution in [3.8, 4) is 0 Å². The molecular weight excluding hydrogens is 376 g/mol. The molecule has 2 aromatic rings. The molecule has 0 radical (unpaired) electrons. The van der Waals surface area contributed by atoms with Gasteiger partial charge in [-0.1, -0.05) is 48.0 Å². The number of nitrogens with zero attached hydrogens (tertiary/aromatic N) is 2. The van der Waals surface area contributed by atoms with E-state index in [1.807, 2.05) is 41.3 Å². The van der Waals surface area contributed by atoms with Crippen molar-refractivity contribution in [2.24, 2.45) is 0 Å². The Bertz CT molecular complexity index is 841. The highest BCUT2D eigenvalue weighted by Gasteiger charge is 2.27. The molecule has 1 heterocycles. The van der Waals surface area contributed by atoms with Crippen LogP contribution in [0.25, 0.3) is 0 Å². The third kappa shape index (κ3) is 5.33. The molecule has 0 saturated carbocycles. The van der Waals surface area contributed by atoms with Crippen molar-refractivity contribution < 1.29 is 14.7 Å². The molecule has 1 amide bonds. The number of carbonyl (C=O) groups excluding carboxylic acids is 1. The summed E-state index contributed by atoms with van der Waals surface area (Å²) in [6.07, 6.45) is 0.403. The molecule has 5 nitrogen and oxygen atoms in total. The van der Waals surface area contributed by atoms with E-state index in [9.17, 15) is 9.59 Å². The molecular formula is C22H25ClN2O3. The molecule has 0 aliphatic carbocycles. The lowest BCUT2D eigenvalue weighted by Crippen LogP contribution is -2.54. The highest BCUT2D eigenvalue weighted by Crippen LogP contribution is 2.21. The number of benzene rings is 2. The summed E-state index contributed by atoms with van der Waals surface area (Å²) in [5, 5.41) is 9.74. The molecule has 0 spiro atoms. The first-order chi connectivity index (χ1) is 13.4. The maximum Gasteiger partial charge on any atom is 0.307 e. The second-order valence-electron chi connectivity index (χ2n) is 7.32. The van der Waals surface area contributed by atoms with Gasteiger partial charge in [0.25, 0.3) is 0 Å². The lowest BCUT2D eigenvalue weighted by Gasteiger charge is -2.40. The minimum absolute atomic E-state index is 0.0163. The summed E-state index contributed by atoms with van der Waals surface area (Å²) in [6.45, 7) is 4.87. The summed E-state index contributed by atoms with van der Waals surface area (Å²) < 4.78 is 0. The van der Waals surface area contributed by atoms with Gasteiger partial charge in [-0.3, -0.25) is 14.5 Å². The maximum atomic E-state index is 12.7. The maximum absolute atomic E-state index is 12.7. The number of carboxylic acid groups (broad SMARTS) is 1. The molecule has 148 valence electrons. The fraction of sp³-hybridized carbons (Fsp3) is 0.364. The number of halogens is 1. The number of carboxylic acids is 1. The lowest BCUT2D eigenvalue weighted by molar-refractivity contribution is -0.136. The molecule has 6 heteroatoms. The Morgan fingerprint density at radius 3 is 2.50 bits per heavy atom. The molecule has 1 saturated heterocycles. The monoisotopic (exact) mass is 400 g/mol. The smallest absolute Gasteiger partial charge is 0.307 e. The van der Waals surface area contributed by atoms with Gasteiger partial charge in [0.05, 0.1) is 12.8 Å². The third-order valence-corrected chi connectivity index (χ3v) is 5.37. The van der Waals surface area contributed by atoms with E-state index in [-0.39, 0.29) is 18.4 Å². The van der Waals surface area contributed by atoms with E-state index in [0.717, 1.165) is 29.8 Å². The Hall–Kier alpha value is -2.37. The highest BCUT2D eigenvalue weighted by atomic mass is 35.5. The van der Waals surface area contributed by atoms with Crippen molar-refractivity contribution in [3.05, 3.63) is 70.2 Å². The summed E-state index contributed by atoms with van der Waals surface area (Å²) >= 11 is 6.12. The summed E-state index contributed by atoms with van der Waals surface area (Å²) in [6, 6.07) is 15.3. The van der Waals surface area contributed by atoms with E-state index in [4.69, 9.17) is 16.7 Å². The van der Waals surface area contributed by atoms with Crippen LogP contribution < -0.4 is 0 Å². The zero-order valence-electron chi connectivity index (χ0n) is 16.0. The van der Waals surface area contributed by atoms with Crippen LogP contribution in [0.4, 0.5) is 0 Å². The molecule has 1 N–H and O–H groups in total. The van der Waals surface area contributed by atoms with Crippen LogP contribution in [0.5, 0.6) is 0 Å². The minimum atomic E-state index is -0.853. The van der Waals surface area contributed by atoms with E-state index < -0.39 is 5.97 Å². The van der Waals surface area contributed by atoms with E-state index >= 15 is 0 Å². The van der Waals surface area contributed by atoms with Crippen molar-refractivity contribution in [1.82, 2.24) is 9.80 Å². The van der Waals surface area contributed by atoms with Crippen LogP contribution >= 0.6 is 11.6 Å². The van der Waals surface area contributed by atoms with Crippen molar-refractivity contribution in [2.45, 2.75) is 32.4 Å². The summed E-state index contributed by atoms with van der Waals surface area (Å²) in [5.74, 6) is -0.707. The van der Waals surface area contributed by atoms with Gasteiger partial charge in [0.2, 0.25) is 5.91 Å². The van der Waals surface area contributed by atoms with Crippen LogP contribution in [0.3, 0.4) is 0 Å². The minimum Gasteiger partial charge on any atom is -0.481 e. The summed E-state index contributed by atoms with van der Waals surface area (Å²) in [5.41, 5.74) is 2.75. The van der Waals surface area contributed by atoms with Crippen LogP contribution in [0.1, 0.15) is 23.6 Å². The first kappa shape index (κ1) is 20.4. The van der Waals surface area contributed by atoms with Crippen LogP contribution in [-0.4, -0.2) is 52.5 Å². The number of aliphatic carboxylic acids is 1. The number of rotatable bonds is 6. The molecule has 0 aromatic heterocycles. The molecule has 3 rings (SSSR count). The zero-order chi connectivity index (χ0) is 20.1.